The number of hydrogen-bond acceptors (Lipinski definition) is 14. The molecule has 10 N–H and O–H groups in total. The van der Waals surface area contributed by atoms with Gasteiger partial charge in [-0.3, -0.25) is 38.4 Å². The molecule has 0 fully saturated rings. The van der Waals surface area contributed by atoms with E-state index in [-0.39, 0.29) is 101 Å². The first-order valence-corrected chi connectivity index (χ1v) is 29.4. The zero-order valence-corrected chi connectivity index (χ0v) is 49.8. The van der Waals surface area contributed by atoms with Gasteiger partial charge in [0.1, 0.15) is 12.3 Å². The normalized spacial score (nSPS) is 12.4. The second-order valence-corrected chi connectivity index (χ2v) is 21.7. The molecule has 28 heteroatoms. The van der Waals surface area contributed by atoms with Gasteiger partial charge in [-0.25, -0.2) is 4.98 Å². The first-order valence-electron chi connectivity index (χ1n) is 28.0. The fourth-order valence-electron chi connectivity index (χ4n) is 9.07. The van der Waals surface area contributed by atoms with Crippen molar-refractivity contribution in [2.75, 3.05) is 97.1 Å². The number of halogens is 6. The van der Waals surface area contributed by atoms with Crippen LogP contribution in [0.15, 0.2) is 97.0 Å². The summed E-state index contributed by atoms with van der Waals surface area (Å²) in [5.74, 6) is -6.16. The van der Waals surface area contributed by atoms with Crippen LogP contribution in [0.4, 0.5) is 26.3 Å². The molecule has 0 saturated heterocycles. The molecule has 7 amide bonds. The summed E-state index contributed by atoms with van der Waals surface area (Å²) >= 11 is 1.33. The molecule has 2 atom stereocenters. The second kappa shape index (κ2) is 35.7. The number of nitrogens with two attached hydrogens (primary N) is 3. The molecular weight excluding hydrogens is 1170 g/mol. The number of hydrogen-bond donors (Lipinski definition) is 7. The number of nitrogens with zero attached hydrogens (tertiary/aromatic N) is 6. The van der Waals surface area contributed by atoms with Crippen molar-refractivity contribution in [1.82, 2.24) is 45.1 Å². The van der Waals surface area contributed by atoms with Crippen molar-refractivity contribution < 1.29 is 69.8 Å². The van der Waals surface area contributed by atoms with E-state index < -0.39 is 109 Å². The topological polar surface area (TPSA) is 304 Å². The number of benzene rings is 3. The largest absolute Gasteiger partial charge is 0.508 e. The molecule has 0 saturated carbocycles. The lowest BCUT2D eigenvalue weighted by Gasteiger charge is -2.29. The highest BCUT2D eigenvalue weighted by Gasteiger charge is 2.33. The summed E-state index contributed by atoms with van der Waals surface area (Å²) < 4.78 is 81.7. The van der Waals surface area contributed by atoms with Crippen LogP contribution < -0.4 is 27.8 Å². The Kier molecular flexibility index (Phi) is 29.4. The van der Waals surface area contributed by atoms with Crippen molar-refractivity contribution in [3.05, 3.63) is 130 Å². The van der Waals surface area contributed by atoms with Crippen LogP contribution in [0.1, 0.15) is 66.6 Å². The number of alkyl halides is 6. The maximum absolute atomic E-state index is 14.6. The number of aromatic amines is 1. The number of phenolic OH excluding ortho intramolecular Hbond substituents is 1. The molecule has 0 spiro atoms. The third-order valence-corrected chi connectivity index (χ3v) is 14.4. The van der Waals surface area contributed by atoms with E-state index in [2.05, 4.69) is 20.6 Å². The van der Waals surface area contributed by atoms with Crippen molar-refractivity contribution in [3.8, 4) is 5.75 Å². The molecular formula is C59H78F6N12O9S. The van der Waals surface area contributed by atoms with Crippen LogP contribution in [-0.2, 0) is 76.6 Å². The van der Waals surface area contributed by atoms with E-state index in [1.807, 2.05) is 0 Å². The van der Waals surface area contributed by atoms with E-state index >= 15 is 0 Å². The van der Waals surface area contributed by atoms with Crippen LogP contribution >= 0.6 is 11.8 Å². The fourth-order valence-corrected chi connectivity index (χ4v) is 9.75. The Labute approximate surface area is 505 Å². The summed E-state index contributed by atoms with van der Waals surface area (Å²) in [5.41, 5.74) is 17.6. The Hall–Kier alpha value is -7.82. The lowest BCUT2D eigenvalue weighted by Crippen LogP contribution is -2.48. The fraction of sp³-hybridized carbons (Fsp3) is 0.475. The van der Waals surface area contributed by atoms with E-state index in [9.17, 15) is 69.8 Å². The number of nitrogens with one attached hydrogen (secondary N) is 3. The van der Waals surface area contributed by atoms with Crippen LogP contribution in [-0.4, -0.2) is 184 Å². The number of carbonyl (C=O) groups excluding carboxylic acids is 8. The zero-order valence-electron chi connectivity index (χ0n) is 49.0. The molecule has 87 heavy (non-hydrogen) atoms. The monoisotopic (exact) mass is 1240 g/mol. The predicted molar refractivity (Wildman–Crippen MR) is 314 cm³/mol. The minimum absolute atomic E-state index is 0.0109. The lowest BCUT2D eigenvalue weighted by atomic mass is 10.0. The molecule has 0 bridgehead atoms. The van der Waals surface area contributed by atoms with Crippen molar-refractivity contribution in [3.63, 3.8) is 0 Å². The predicted octanol–water partition coefficient (Wildman–Crippen LogP) is 3.89. The van der Waals surface area contributed by atoms with Gasteiger partial charge in [0.25, 0.3) is 0 Å². The molecule has 476 valence electrons. The summed E-state index contributed by atoms with van der Waals surface area (Å²) in [4.78, 5) is 121. The van der Waals surface area contributed by atoms with Crippen LogP contribution in [0, 0.1) is 11.8 Å². The van der Waals surface area contributed by atoms with Gasteiger partial charge in [0.15, 0.2) is 5.78 Å². The van der Waals surface area contributed by atoms with Gasteiger partial charge in [0.05, 0.1) is 55.5 Å². The number of aromatic hydroxyl groups is 1. The van der Waals surface area contributed by atoms with Gasteiger partial charge in [0, 0.05) is 95.8 Å². The van der Waals surface area contributed by atoms with E-state index in [0.717, 1.165) is 69.6 Å². The molecule has 1 aromatic heterocycles. The number of thioether (sulfide) groups is 1. The lowest BCUT2D eigenvalue weighted by molar-refractivity contribution is -0.144. The number of H-pyrrole nitrogens is 1. The average molecular weight is 1250 g/mol. The number of rotatable bonds is 37. The Balaban J connectivity index is 1.52. The van der Waals surface area contributed by atoms with Crippen LogP contribution in [0.5, 0.6) is 5.75 Å². The summed E-state index contributed by atoms with van der Waals surface area (Å²) in [6.45, 7) is 0.522. The summed E-state index contributed by atoms with van der Waals surface area (Å²) in [7, 11) is 0. The molecule has 4 rings (SSSR count). The van der Waals surface area contributed by atoms with E-state index in [4.69, 9.17) is 17.2 Å². The smallest absolute Gasteiger partial charge is 0.416 e. The van der Waals surface area contributed by atoms with E-state index in [1.165, 1.54) is 34.8 Å². The number of primary amides is 1. The van der Waals surface area contributed by atoms with Gasteiger partial charge < -0.3 is 62.4 Å². The molecule has 1 unspecified atom stereocenters. The van der Waals surface area contributed by atoms with Gasteiger partial charge in [-0.15, -0.1) is 0 Å². The average Bonchev–Trinajstić information content (AvgIpc) is 4.18. The molecule has 21 nitrogen and oxygen atoms in total. The first kappa shape index (κ1) is 71.7. The quantitative estimate of drug-likeness (QED) is 0.0192. The molecule has 3 aromatic carbocycles. The number of ketones is 1. The Bertz CT molecular complexity index is 2900. The summed E-state index contributed by atoms with van der Waals surface area (Å²) in [6, 6.07) is 14.4. The maximum atomic E-state index is 14.6. The minimum atomic E-state index is -4.70. The van der Waals surface area contributed by atoms with Crippen molar-refractivity contribution in [2.45, 2.75) is 71.4 Å². The van der Waals surface area contributed by atoms with Gasteiger partial charge in [-0.1, -0.05) is 55.0 Å². The first-order chi connectivity index (χ1) is 41.2. The molecule has 0 aliphatic carbocycles. The van der Waals surface area contributed by atoms with Gasteiger partial charge >= 0.3 is 12.4 Å². The number of amides is 7. The minimum Gasteiger partial charge on any atom is -0.508 e. The molecule has 0 aliphatic heterocycles. The molecule has 0 aliphatic rings. The maximum Gasteiger partial charge on any atom is 0.416 e. The zero-order chi connectivity index (χ0) is 64.3. The summed E-state index contributed by atoms with van der Waals surface area (Å²) in [5, 5.41) is 15.4. The SMILES string of the molecule is CSCC(CC(=O)CN(CCN)C(=O)CN(CCN)C(=O)CCCNC(=O)CN(Cc1ccc(C(F)(F)F)cc1)C(=O)CN(Cc1ccc(C(F)(F)F)cc1)C(=O)[C@H](C)/C=C(\C)CN(CCc1cnc[nH]1)C(=O)CNCCc1ccc(O)cc1)C(N)=O. The second-order valence-electron chi connectivity index (χ2n) is 20.8. The number of carbonyl (C=O) groups is 8. The number of aromatic nitrogens is 2. The molecule has 4 aromatic rings. The Morgan fingerprint density at radius 2 is 1.22 bits per heavy atom. The molecule has 1 heterocycles. The highest BCUT2D eigenvalue weighted by atomic mass is 32.2. The van der Waals surface area contributed by atoms with E-state index in [1.54, 1.807) is 54.6 Å². The van der Waals surface area contributed by atoms with Gasteiger partial charge in [0.2, 0.25) is 41.4 Å². The van der Waals surface area contributed by atoms with Crippen molar-refractivity contribution >= 4 is 58.9 Å². The Morgan fingerprint density at radius 3 is 1.76 bits per heavy atom. The van der Waals surface area contributed by atoms with Crippen LogP contribution in [0.25, 0.3) is 0 Å². The number of imidazole rings is 1. The van der Waals surface area contributed by atoms with Gasteiger partial charge in [-0.2, -0.15) is 38.1 Å². The van der Waals surface area contributed by atoms with Crippen LogP contribution in [0.3, 0.4) is 0 Å². The van der Waals surface area contributed by atoms with Gasteiger partial charge in [-0.05, 0) is 85.7 Å². The van der Waals surface area contributed by atoms with Crippen molar-refractivity contribution in [2.24, 2.45) is 29.0 Å². The van der Waals surface area contributed by atoms with Crippen molar-refractivity contribution in [1.29, 1.82) is 0 Å². The standard InChI is InChI=1S/C59H78F6N12O9S/c1-40(31-73(24-19-48-29-70-39-72-48)53(82)30-69-23-18-42-10-16-49(78)17-11-42)27-41(2)57(86)77(33-44-8-14-47(15-9-44)59(63,64)65)37-55(84)76(32-43-6-12-46(13-7-43)58(60,61)62)35-51(80)71-22-4-5-52(81)75(26-21-67)36-54(83)74(25-20-66)34-50(79)28-45(38-87-3)56(68)85/h6-17,27,29,39,41,45,69,78H,4-5,18-26,28,30-38,66-67H2,1-3H3,(H2,68,85)(H,70,72)(H,71,80)/b40-27+/t41-,45?/m1/s1. The molecule has 0 radical (unpaired) electrons. The number of Topliss-reactive ketones (excluding diaryl/α,β-unsaturated/α-hetero) is 1. The summed E-state index contributed by atoms with van der Waals surface area (Å²) in [6.07, 6.45) is -2.34. The third-order valence-electron chi connectivity index (χ3n) is 13.7. The number of phenols is 1. The van der Waals surface area contributed by atoms with Crippen LogP contribution in [0.2, 0.25) is 0 Å². The van der Waals surface area contributed by atoms with E-state index in [0.29, 0.717) is 30.7 Å². The highest BCUT2D eigenvalue weighted by Crippen LogP contribution is 2.31. The third kappa shape index (κ3) is 25.6. The highest BCUT2D eigenvalue weighted by molar-refractivity contribution is 7.98. The Morgan fingerprint density at radius 1 is 0.678 bits per heavy atom.